The Kier molecular flexibility index (Phi) is 3.45. The third-order valence-corrected chi connectivity index (χ3v) is 2.18. The first-order valence-corrected chi connectivity index (χ1v) is 4.69. The largest absolute Gasteiger partial charge is 0.328 e. The molecule has 78 valence electrons. The van der Waals surface area contributed by atoms with Crippen LogP contribution >= 0.6 is 11.6 Å². The standard InChI is InChI=1S/C10H12ClF2N/c1-7(14)6-10(12,13)8-4-2-3-5-9(8)11/h2-5,7H,6,14H2,1H3. The molecule has 1 rings (SSSR count). The number of benzene rings is 1. The Hall–Kier alpha value is -0.670. The average Bonchev–Trinajstić information content (AvgIpc) is 2.02. The first kappa shape index (κ1) is 11.4. The Morgan fingerprint density at radius 2 is 2.00 bits per heavy atom. The maximum absolute atomic E-state index is 13.5. The van der Waals surface area contributed by atoms with Gasteiger partial charge in [0.2, 0.25) is 0 Å². The highest BCUT2D eigenvalue weighted by Crippen LogP contribution is 2.36. The van der Waals surface area contributed by atoms with E-state index in [0.717, 1.165) is 0 Å². The van der Waals surface area contributed by atoms with Crippen LogP contribution in [0.2, 0.25) is 5.02 Å². The number of nitrogens with two attached hydrogens (primary N) is 1. The van der Waals surface area contributed by atoms with Crippen molar-refractivity contribution in [1.82, 2.24) is 0 Å². The van der Waals surface area contributed by atoms with Gasteiger partial charge >= 0.3 is 0 Å². The van der Waals surface area contributed by atoms with Crippen molar-refractivity contribution in [1.29, 1.82) is 0 Å². The van der Waals surface area contributed by atoms with E-state index in [1.165, 1.54) is 18.2 Å². The molecule has 0 aromatic heterocycles. The summed E-state index contributed by atoms with van der Waals surface area (Å²) < 4.78 is 27.0. The summed E-state index contributed by atoms with van der Waals surface area (Å²) in [6.45, 7) is 1.55. The van der Waals surface area contributed by atoms with Crippen molar-refractivity contribution in [3.8, 4) is 0 Å². The van der Waals surface area contributed by atoms with Gasteiger partial charge in [0, 0.05) is 23.0 Å². The second-order valence-corrected chi connectivity index (χ2v) is 3.77. The van der Waals surface area contributed by atoms with Gasteiger partial charge in [-0.25, -0.2) is 8.78 Å². The molecule has 0 fully saturated rings. The van der Waals surface area contributed by atoms with E-state index < -0.39 is 18.4 Å². The van der Waals surface area contributed by atoms with E-state index in [4.69, 9.17) is 17.3 Å². The van der Waals surface area contributed by atoms with Gasteiger partial charge in [-0.2, -0.15) is 0 Å². The fourth-order valence-electron chi connectivity index (χ4n) is 1.27. The van der Waals surface area contributed by atoms with E-state index in [9.17, 15) is 8.78 Å². The molecule has 0 aliphatic carbocycles. The summed E-state index contributed by atoms with van der Waals surface area (Å²) in [5.41, 5.74) is 5.19. The molecule has 0 saturated heterocycles. The number of hydrogen-bond acceptors (Lipinski definition) is 1. The lowest BCUT2D eigenvalue weighted by atomic mass is 10.0. The van der Waals surface area contributed by atoms with Crippen molar-refractivity contribution >= 4 is 11.6 Å². The molecule has 4 heteroatoms. The van der Waals surface area contributed by atoms with Crippen molar-refractivity contribution in [2.24, 2.45) is 5.73 Å². The Morgan fingerprint density at radius 3 is 2.50 bits per heavy atom. The summed E-state index contributed by atoms with van der Waals surface area (Å²) in [4.78, 5) is 0. The van der Waals surface area contributed by atoms with E-state index in [1.54, 1.807) is 13.0 Å². The number of alkyl halides is 2. The van der Waals surface area contributed by atoms with E-state index in [0.29, 0.717) is 0 Å². The van der Waals surface area contributed by atoms with Gasteiger partial charge in [0.25, 0.3) is 5.92 Å². The van der Waals surface area contributed by atoms with Gasteiger partial charge in [-0.15, -0.1) is 0 Å². The maximum Gasteiger partial charge on any atom is 0.276 e. The van der Waals surface area contributed by atoms with Crippen molar-refractivity contribution < 1.29 is 8.78 Å². The topological polar surface area (TPSA) is 26.0 Å². The molecule has 0 aliphatic rings. The first-order chi connectivity index (χ1) is 6.43. The Morgan fingerprint density at radius 1 is 1.43 bits per heavy atom. The molecule has 1 aromatic carbocycles. The van der Waals surface area contributed by atoms with Gasteiger partial charge in [0.15, 0.2) is 0 Å². The lowest BCUT2D eigenvalue weighted by Gasteiger charge is -2.19. The predicted molar refractivity (Wildman–Crippen MR) is 53.6 cm³/mol. The summed E-state index contributed by atoms with van der Waals surface area (Å²) in [6, 6.07) is 5.38. The van der Waals surface area contributed by atoms with Gasteiger partial charge in [0.1, 0.15) is 0 Å². The van der Waals surface area contributed by atoms with Crippen LogP contribution in [0, 0.1) is 0 Å². The molecule has 0 saturated carbocycles. The fraction of sp³-hybridized carbons (Fsp3) is 0.400. The van der Waals surface area contributed by atoms with Crippen molar-refractivity contribution in [2.75, 3.05) is 0 Å². The van der Waals surface area contributed by atoms with Gasteiger partial charge in [-0.1, -0.05) is 29.8 Å². The molecule has 1 unspecified atom stereocenters. The van der Waals surface area contributed by atoms with Crippen LogP contribution in [0.4, 0.5) is 8.78 Å². The van der Waals surface area contributed by atoms with Gasteiger partial charge in [0.05, 0.1) is 0 Å². The van der Waals surface area contributed by atoms with E-state index in [2.05, 4.69) is 0 Å². The minimum atomic E-state index is -2.95. The lowest BCUT2D eigenvalue weighted by molar-refractivity contribution is -0.0180. The Labute approximate surface area is 86.9 Å². The van der Waals surface area contributed by atoms with Crippen LogP contribution in [0.25, 0.3) is 0 Å². The van der Waals surface area contributed by atoms with E-state index >= 15 is 0 Å². The van der Waals surface area contributed by atoms with E-state index in [-0.39, 0.29) is 10.6 Å². The molecule has 1 aromatic rings. The zero-order chi connectivity index (χ0) is 10.8. The number of hydrogen-bond donors (Lipinski definition) is 1. The molecule has 0 aliphatic heterocycles. The molecule has 1 atom stereocenters. The molecule has 0 amide bonds. The maximum atomic E-state index is 13.5. The summed E-state index contributed by atoms with van der Waals surface area (Å²) in [6.07, 6.45) is -0.392. The minimum absolute atomic E-state index is 0.0816. The van der Waals surface area contributed by atoms with Crippen molar-refractivity contribution in [3.63, 3.8) is 0 Å². The molecule has 1 nitrogen and oxygen atoms in total. The molecular weight excluding hydrogens is 208 g/mol. The van der Waals surface area contributed by atoms with Crippen LogP contribution in [0.15, 0.2) is 24.3 Å². The minimum Gasteiger partial charge on any atom is -0.328 e. The Bertz CT molecular complexity index is 313. The second-order valence-electron chi connectivity index (χ2n) is 3.37. The highest BCUT2D eigenvalue weighted by atomic mass is 35.5. The molecular formula is C10H12ClF2N. The average molecular weight is 220 g/mol. The summed E-state index contributed by atoms with van der Waals surface area (Å²) >= 11 is 5.67. The SMILES string of the molecule is CC(N)CC(F)(F)c1ccccc1Cl. The molecule has 0 heterocycles. The quantitative estimate of drug-likeness (QED) is 0.830. The van der Waals surface area contributed by atoms with Gasteiger partial charge in [-0.05, 0) is 13.0 Å². The molecule has 0 spiro atoms. The van der Waals surface area contributed by atoms with Crippen LogP contribution in [0.5, 0.6) is 0 Å². The third kappa shape index (κ3) is 2.66. The molecule has 2 N–H and O–H groups in total. The Balaban J connectivity index is 2.97. The zero-order valence-electron chi connectivity index (χ0n) is 7.81. The van der Waals surface area contributed by atoms with Gasteiger partial charge in [-0.3, -0.25) is 0 Å². The third-order valence-electron chi connectivity index (χ3n) is 1.85. The van der Waals surface area contributed by atoms with Crippen LogP contribution in [0.1, 0.15) is 18.9 Å². The van der Waals surface area contributed by atoms with Crippen LogP contribution in [0.3, 0.4) is 0 Å². The van der Waals surface area contributed by atoms with Crippen molar-refractivity contribution in [3.05, 3.63) is 34.9 Å². The smallest absolute Gasteiger partial charge is 0.276 e. The molecule has 14 heavy (non-hydrogen) atoms. The number of rotatable bonds is 3. The van der Waals surface area contributed by atoms with Gasteiger partial charge < -0.3 is 5.73 Å². The van der Waals surface area contributed by atoms with Crippen LogP contribution in [-0.4, -0.2) is 6.04 Å². The first-order valence-electron chi connectivity index (χ1n) is 4.32. The molecule has 0 bridgehead atoms. The highest BCUT2D eigenvalue weighted by Gasteiger charge is 2.34. The fourth-order valence-corrected chi connectivity index (χ4v) is 1.55. The summed E-state index contributed by atoms with van der Waals surface area (Å²) in [5, 5.41) is 0.0816. The summed E-state index contributed by atoms with van der Waals surface area (Å²) in [7, 11) is 0. The second kappa shape index (κ2) is 4.24. The lowest BCUT2D eigenvalue weighted by Crippen LogP contribution is -2.26. The molecule has 0 radical (unpaired) electrons. The van der Waals surface area contributed by atoms with Crippen molar-refractivity contribution in [2.45, 2.75) is 25.3 Å². The number of halogens is 3. The highest BCUT2D eigenvalue weighted by molar-refractivity contribution is 6.31. The normalized spacial score (nSPS) is 14.1. The zero-order valence-corrected chi connectivity index (χ0v) is 8.56. The monoisotopic (exact) mass is 219 g/mol. The predicted octanol–water partition coefficient (Wildman–Crippen LogP) is 3.17. The van der Waals surface area contributed by atoms with Crippen LogP contribution in [-0.2, 0) is 5.92 Å². The van der Waals surface area contributed by atoms with E-state index in [1.807, 2.05) is 0 Å². The summed E-state index contributed by atoms with van der Waals surface area (Å²) in [5.74, 6) is -2.95. The van der Waals surface area contributed by atoms with Crippen LogP contribution < -0.4 is 5.73 Å².